The van der Waals surface area contributed by atoms with E-state index in [4.69, 9.17) is 4.74 Å². The Bertz CT molecular complexity index is 830. The van der Waals surface area contributed by atoms with Crippen LogP contribution >= 0.6 is 0 Å². The number of carbonyl (C=O) groups is 1. The first kappa shape index (κ1) is 18.7. The molecular formula is C20H23N3O4. The second-order valence-corrected chi connectivity index (χ2v) is 6.82. The Labute approximate surface area is 158 Å². The molecule has 27 heavy (non-hydrogen) atoms. The summed E-state index contributed by atoms with van der Waals surface area (Å²) in [4.78, 5) is 26.8. The average Bonchev–Trinajstić information content (AvgIpc) is 3.10. The Morgan fingerprint density at radius 3 is 2.59 bits per heavy atom. The van der Waals surface area contributed by atoms with Crippen molar-refractivity contribution in [3.05, 3.63) is 64.2 Å². The topological polar surface area (TPSA) is 75.9 Å². The Morgan fingerprint density at radius 2 is 1.89 bits per heavy atom. The van der Waals surface area contributed by atoms with Crippen LogP contribution in [0.1, 0.15) is 12.5 Å². The number of ether oxygens (including phenoxy) is 1. The lowest BCUT2D eigenvalue weighted by molar-refractivity contribution is -0.384. The Balaban J connectivity index is 1.65. The first-order valence-electron chi connectivity index (χ1n) is 8.83. The van der Waals surface area contributed by atoms with Crippen molar-refractivity contribution in [3.8, 4) is 5.75 Å². The van der Waals surface area contributed by atoms with Gasteiger partial charge in [0.05, 0.1) is 17.5 Å². The molecule has 7 nitrogen and oxygen atoms in total. The second kappa shape index (κ2) is 7.65. The van der Waals surface area contributed by atoms with Gasteiger partial charge in [0.15, 0.2) is 0 Å². The molecule has 0 spiro atoms. The molecule has 0 N–H and O–H groups in total. The van der Waals surface area contributed by atoms with Gasteiger partial charge in [0.2, 0.25) is 5.91 Å². The molecule has 2 aromatic carbocycles. The number of nitro groups is 1. The molecule has 0 aromatic heterocycles. The van der Waals surface area contributed by atoms with Crippen molar-refractivity contribution in [2.24, 2.45) is 0 Å². The molecule has 0 saturated heterocycles. The first-order valence-corrected chi connectivity index (χ1v) is 8.83. The number of hydrogen-bond donors (Lipinski definition) is 0. The third kappa shape index (κ3) is 3.86. The van der Waals surface area contributed by atoms with E-state index in [1.165, 1.54) is 6.07 Å². The van der Waals surface area contributed by atoms with Crippen LogP contribution in [-0.2, 0) is 11.2 Å². The number of carbonyl (C=O) groups excluding carboxylic acids is 1. The summed E-state index contributed by atoms with van der Waals surface area (Å²) in [6, 6.07) is 14.2. The summed E-state index contributed by atoms with van der Waals surface area (Å²) >= 11 is 0. The zero-order valence-electron chi connectivity index (χ0n) is 15.7. The van der Waals surface area contributed by atoms with Gasteiger partial charge in [-0.05, 0) is 24.6 Å². The molecular weight excluding hydrogens is 346 g/mol. The monoisotopic (exact) mass is 369 g/mol. The smallest absolute Gasteiger partial charge is 0.292 e. The molecule has 0 bridgehead atoms. The molecule has 1 aliphatic rings. The number of nitrogens with zero attached hydrogens (tertiary/aromatic N) is 3. The second-order valence-electron chi connectivity index (χ2n) is 6.82. The van der Waals surface area contributed by atoms with Crippen molar-refractivity contribution in [1.82, 2.24) is 4.90 Å². The molecule has 2 atom stereocenters. The highest BCUT2D eigenvalue weighted by Crippen LogP contribution is 2.31. The number of para-hydroxylation sites is 3. The molecule has 2 unspecified atom stereocenters. The molecule has 0 radical (unpaired) electrons. The third-order valence-corrected chi connectivity index (χ3v) is 5.08. The molecule has 0 fully saturated rings. The van der Waals surface area contributed by atoms with Crippen LogP contribution in [0.15, 0.2) is 48.5 Å². The van der Waals surface area contributed by atoms with E-state index in [9.17, 15) is 14.9 Å². The predicted octanol–water partition coefficient (Wildman–Crippen LogP) is 2.88. The summed E-state index contributed by atoms with van der Waals surface area (Å²) in [6.45, 7) is 2.00. The van der Waals surface area contributed by atoms with Crippen LogP contribution in [0.5, 0.6) is 5.75 Å². The highest BCUT2D eigenvalue weighted by molar-refractivity contribution is 5.82. The molecule has 7 heteroatoms. The fraction of sp³-hybridized carbons (Fsp3) is 0.350. The molecule has 0 saturated carbocycles. The predicted molar refractivity (Wildman–Crippen MR) is 103 cm³/mol. The zero-order valence-corrected chi connectivity index (χ0v) is 15.7. The Morgan fingerprint density at radius 1 is 1.22 bits per heavy atom. The number of benzene rings is 2. The summed E-state index contributed by atoms with van der Waals surface area (Å²) in [5.74, 6) is 0.745. The number of amides is 1. The summed E-state index contributed by atoms with van der Waals surface area (Å²) < 4.78 is 5.98. The highest BCUT2D eigenvalue weighted by Gasteiger charge is 2.32. The van der Waals surface area contributed by atoms with Crippen molar-refractivity contribution in [2.75, 3.05) is 25.5 Å². The van der Waals surface area contributed by atoms with Crippen LogP contribution < -0.4 is 9.64 Å². The van der Waals surface area contributed by atoms with Gasteiger partial charge < -0.3 is 14.5 Å². The molecule has 1 amide bonds. The molecule has 2 aromatic rings. The average molecular weight is 369 g/mol. The molecule has 0 aliphatic carbocycles. The van der Waals surface area contributed by atoms with Gasteiger partial charge in [0.25, 0.3) is 5.69 Å². The van der Waals surface area contributed by atoms with Gasteiger partial charge in [-0.3, -0.25) is 14.9 Å². The van der Waals surface area contributed by atoms with Crippen LogP contribution in [0, 0.1) is 10.1 Å². The standard InChI is InChI=1S/C20H23N3O4/c1-14(19-12-15-8-4-7-11-18(15)27-19)22(3)20(24)13-21(2)16-9-5-6-10-17(16)23(25)26/h4-11,14,19H,12-13H2,1-3H3. The van der Waals surface area contributed by atoms with Gasteiger partial charge in [-0.15, -0.1) is 0 Å². The van der Waals surface area contributed by atoms with Crippen molar-refractivity contribution in [2.45, 2.75) is 25.5 Å². The number of rotatable bonds is 6. The van der Waals surface area contributed by atoms with Gasteiger partial charge >= 0.3 is 0 Å². The number of hydrogen-bond acceptors (Lipinski definition) is 5. The van der Waals surface area contributed by atoms with Crippen LogP contribution in [0.3, 0.4) is 0 Å². The minimum atomic E-state index is -0.438. The van der Waals surface area contributed by atoms with Crippen molar-refractivity contribution >= 4 is 17.3 Å². The summed E-state index contributed by atoms with van der Waals surface area (Å²) in [6.07, 6.45) is 0.655. The Kier molecular flexibility index (Phi) is 5.30. The van der Waals surface area contributed by atoms with Gasteiger partial charge in [-0.1, -0.05) is 30.3 Å². The number of nitro benzene ring substituents is 1. The minimum Gasteiger partial charge on any atom is -0.488 e. The van der Waals surface area contributed by atoms with E-state index in [0.29, 0.717) is 5.69 Å². The van der Waals surface area contributed by atoms with E-state index >= 15 is 0 Å². The van der Waals surface area contributed by atoms with Gasteiger partial charge in [0, 0.05) is 26.6 Å². The Hall–Kier alpha value is -3.09. The maximum atomic E-state index is 12.7. The van der Waals surface area contributed by atoms with Crippen LogP contribution in [0.4, 0.5) is 11.4 Å². The molecule has 1 aliphatic heterocycles. The van der Waals surface area contributed by atoms with Crippen molar-refractivity contribution in [3.63, 3.8) is 0 Å². The number of likely N-dealkylation sites (N-methyl/N-ethyl adjacent to an activating group) is 2. The summed E-state index contributed by atoms with van der Waals surface area (Å²) in [5.41, 5.74) is 1.55. The quantitative estimate of drug-likeness (QED) is 0.578. The lowest BCUT2D eigenvalue weighted by Crippen LogP contribution is -2.47. The van der Waals surface area contributed by atoms with E-state index in [1.54, 1.807) is 42.1 Å². The zero-order chi connectivity index (χ0) is 19.6. The van der Waals surface area contributed by atoms with E-state index < -0.39 is 4.92 Å². The highest BCUT2D eigenvalue weighted by atomic mass is 16.6. The lowest BCUT2D eigenvalue weighted by Gasteiger charge is -2.31. The molecule has 3 rings (SSSR count). The van der Waals surface area contributed by atoms with Crippen molar-refractivity contribution < 1.29 is 14.5 Å². The van der Waals surface area contributed by atoms with Gasteiger partial charge in [-0.25, -0.2) is 0 Å². The summed E-state index contributed by atoms with van der Waals surface area (Å²) in [7, 11) is 3.42. The lowest BCUT2D eigenvalue weighted by atomic mass is 10.0. The van der Waals surface area contributed by atoms with Gasteiger partial charge in [0.1, 0.15) is 17.5 Å². The van der Waals surface area contributed by atoms with E-state index in [2.05, 4.69) is 0 Å². The van der Waals surface area contributed by atoms with E-state index in [0.717, 1.165) is 17.7 Å². The van der Waals surface area contributed by atoms with Gasteiger partial charge in [-0.2, -0.15) is 0 Å². The summed E-state index contributed by atoms with van der Waals surface area (Å²) in [5, 5.41) is 11.2. The number of anilines is 1. The molecule has 142 valence electrons. The maximum Gasteiger partial charge on any atom is 0.292 e. The van der Waals surface area contributed by atoms with Crippen molar-refractivity contribution in [1.29, 1.82) is 0 Å². The normalized spacial score (nSPS) is 16.2. The van der Waals surface area contributed by atoms with E-state index in [-0.39, 0.29) is 30.3 Å². The first-order chi connectivity index (χ1) is 12.9. The largest absolute Gasteiger partial charge is 0.488 e. The van der Waals surface area contributed by atoms with E-state index in [1.807, 2.05) is 31.2 Å². The number of fused-ring (bicyclic) bond motifs is 1. The SMILES string of the molecule is CC(C1Cc2ccccc2O1)N(C)C(=O)CN(C)c1ccccc1[N+](=O)[O-]. The fourth-order valence-corrected chi connectivity index (χ4v) is 3.30. The third-order valence-electron chi connectivity index (χ3n) is 5.08. The van der Waals surface area contributed by atoms with Crippen LogP contribution in [-0.4, -0.2) is 48.5 Å². The maximum absolute atomic E-state index is 12.7. The minimum absolute atomic E-state index is 0.0157. The molecule has 1 heterocycles. The fourth-order valence-electron chi connectivity index (χ4n) is 3.30. The van der Waals surface area contributed by atoms with Crippen LogP contribution in [0.2, 0.25) is 0 Å². The van der Waals surface area contributed by atoms with Crippen LogP contribution in [0.25, 0.3) is 0 Å².